The molecule has 0 bridgehead atoms. The van der Waals surface area contributed by atoms with Gasteiger partial charge in [-0.2, -0.15) is 0 Å². The van der Waals surface area contributed by atoms with Gasteiger partial charge in [-0.1, -0.05) is 30.0 Å². The lowest BCUT2D eigenvalue weighted by molar-refractivity contribution is -0.138. The summed E-state index contributed by atoms with van der Waals surface area (Å²) in [4.78, 5) is 22.3. The highest BCUT2D eigenvalue weighted by Crippen LogP contribution is 2.14. The summed E-state index contributed by atoms with van der Waals surface area (Å²) in [5.74, 6) is -1.17. The number of tetrazole rings is 1. The van der Waals surface area contributed by atoms with Crippen molar-refractivity contribution in [2.45, 2.75) is 11.7 Å². The van der Waals surface area contributed by atoms with Crippen LogP contribution in [0.25, 0.3) is 0 Å². The van der Waals surface area contributed by atoms with Crippen molar-refractivity contribution in [1.29, 1.82) is 0 Å². The summed E-state index contributed by atoms with van der Waals surface area (Å²) >= 11 is 1.07. The van der Waals surface area contributed by atoms with Gasteiger partial charge in [0.05, 0.1) is 5.75 Å². The maximum absolute atomic E-state index is 11.7. The molecule has 2 N–H and O–H groups in total. The molecule has 104 valence electrons. The van der Waals surface area contributed by atoms with E-state index >= 15 is 0 Å². The summed E-state index contributed by atoms with van der Waals surface area (Å²) in [5.41, 5.74) is 0.697. The number of carbonyl (C=O) groups excluding carboxylic acids is 1. The second-order valence-electron chi connectivity index (χ2n) is 3.72. The predicted octanol–water partition coefficient (Wildman–Crippen LogP) is 0.488. The molecule has 0 aliphatic rings. The molecule has 0 fully saturated rings. The molecule has 0 spiro atoms. The molecule has 0 aliphatic carbocycles. The largest absolute Gasteiger partial charge is 0.480 e. The number of hydrogen-bond acceptors (Lipinski definition) is 6. The van der Waals surface area contributed by atoms with Gasteiger partial charge in [-0.05, 0) is 22.6 Å². The molecule has 0 saturated carbocycles. The van der Waals surface area contributed by atoms with Gasteiger partial charge in [-0.15, -0.1) is 5.10 Å². The van der Waals surface area contributed by atoms with Gasteiger partial charge in [-0.3, -0.25) is 9.59 Å². The average molecular weight is 293 g/mol. The molecule has 1 aromatic heterocycles. The van der Waals surface area contributed by atoms with Crippen molar-refractivity contribution in [2.75, 3.05) is 11.1 Å². The summed E-state index contributed by atoms with van der Waals surface area (Å²) in [6.07, 6.45) is 0. The fraction of sp³-hybridized carbons (Fsp3) is 0.182. The second-order valence-corrected chi connectivity index (χ2v) is 4.66. The number of rotatable bonds is 6. The Kier molecular flexibility index (Phi) is 4.66. The molecule has 8 nitrogen and oxygen atoms in total. The van der Waals surface area contributed by atoms with Crippen LogP contribution in [0, 0.1) is 0 Å². The maximum atomic E-state index is 11.7. The van der Waals surface area contributed by atoms with Gasteiger partial charge in [0, 0.05) is 5.69 Å². The molecule has 0 saturated heterocycles. The fourth-order valence-corrected chi connectivity index (χ4v) is 2.05. The first-order valence-corrected chi connectivity index (χ1v) is 6.59. The van der Waals surface area contributed by atoms with Crippen molar-refractivity contribution >= 4 is 29.3 Å². The summed E-state index contributed by atoms with van der Waals surface area (Å²) in [6.45, 7) is -0.338. The molecule has 0 aliphatic heterocycles. The fourth-order valence-electron chi connectivity index (χ4n) is 1.38. The molecule has 1 heterocycles. The highest BCUT2D eigenvalue weighted by molar-refractivity contribution is 7.99. The molecule has 1 amide bonds. The van der Waals surface area contributed by atoms with Crippen molar-refractivity contribution in [3.8, 4) is 0 Å². The Morgan fingerprint density at radius 2 is 2.05 bits per heavy atom. The van der Waals surface area contributed by atoms with E-state index in [-0.39, 0.29) is 23.4 Å². The van der Waals surface area contributed by atoms with Crippen LogP contribution in [-0.4, -0.2) is 42.9 Å². The Morgan fingerprint density at radius 1 is 1.30 bits per heavy atom. The number of para-hydroxylation sites is 1. The molecule has 1 aromatic carbocycles. The van der Waals surface area contributed by atoms with Crippen LogP contribution in [0.5, 0.6) is 0 Å². The third-order valence-electron chi connectivity index (χ3n) is 2.17. The molecular formula is C11H11N5O3S. The summed E-state index contributed by atoms with van der Waals surface area (Å²) in [7, 11) is 0. The third kappa shape index (κ3) is 4.05. The van der Waals surface area contributed by atoms with E-state index in [0.717, 1.165) is 16.4 Å². The lowest BCUT2D eigenvalue weighted by Crippen LogP contribution is -2.15. The van der Waals surface area contributed by atoms with Gasteiger partial charge in [-0.25, -0.2) is 4.68 Å². The van der Waals surface area contributed by atoms with Crippen LogP contribution in [0.3, 0.4) is 0 Å². The zero-order valence-corrected chi connectivity index (χ0v) is 11.1. The summed E-state index contributed by atoms with van der Waals surface area (Å²) < 4.78 is 1.13. The molecule has 20 heavy (non-hydrogen) atoms. The van der Waals surface area contributed by atoms with Gasteiger partial charge in [0.15, 0.2) is 0 Å². The van der Waals surface area contributed by atoms with Crippen LogP contribution in [0.15, 0.2) is 35.5 Å². The van der Waals surface area contributed by atoms with E-state index in [4.69, 9.17) is 5.11 Å². The van der Waals surface area contributed by atoms with Gasteiger partial charge >= 0.3 is 5.97 Å². The summed E-state index contributed by atoms with van der Waals surface area (Å²) in [6, 6.07) is 9.03. The zero-order chi connectivity index (χ0) is 14.4. The number of aliphatic carboxylic acids is 1. The molecule has 0 atom stereocenters. The first-order chi connectivity index (χ1) is 9.65. The molecule has 2 aromatic rings. The molecule has 9 heteroatoms. The van der Waals surface area contributed by atoms with Crippen LogP contribution in [0.4, 0.5) is 5.69 Å². The Hall–Kier alpha value is -2.42. The average Bonchev–Trinajstić information content (AvgIpc) is 2.84. The van der Waals surface area contributed by atoms with Crippen molar-refractivity contribution in [3.05, 3.63) is 30.3 Å². The van der Waals surface area contributed by atoms with Gasteiger partial charge in [0.1, 0.15) is 6.54 Å². The SMILES string of the molecule is O=C(O)Cn1nnnc1SCC(=O)Nc1ccccc1. The lowest BCUT2D eigenvalue weighted by atomic mass is 10.3. The quantitative estimate of drug-likeness (QED) is 0.746. The number of nitrogens with zero attached hydrogens (tertiary/aromatic N) is 4. The highest BCUT2D eigenvalue weighted by atomic mass is 32.2. The molecule has 0 radical (unpaired) electrons. The number of carboxylic acid groups (broad SMARTS) is 1. The maximum Gasteiger partial charge on any atom is 0.325 e. The number of thioether (sulfide) groups is 1. The topological polar surface area (TPSA) is 110 Å². The Balaban J connectivity index is 1.87. The minimum absolute atomic E-state index is 0.0921. The number of carbonyl (C=O) groups is 2. The Bertz CT molecular complexity index is 601. The first kappa shape index (κ1) is 14.0. The highest BCUT2D eigenvalue weighted by Gasteiger charge is 2.12. The first-order valence-electron chi connectivity index (χ1n) is 5.61. The van der Waals surface area contributed by atoms with Crippen LogP contribution >= 0.6 is 11.8 Å². The Morgan fingerprint density at radius 3 is 2.75 bits per heavy atom. The number of nitrogens with one attached hydrogen (secondary N) is 1. The zero-order valence-electron chi connectivity index (χ0n) is 10.3. The molecular weight excluding hydrogens is 282 g/mol. The van der Waals surface area contributed by atoms with Crippen LogP contribution in [0.1, 0.15) is 0 Å². The number of amides is 1. The minimum Gasteiger partial charge on any atom is -0.480 e. The van der Waals surface area contributed by atoms with E-state index < -0.39 is 5.97 Å². The van der Waals surface area contributed by atoms with E-state index in [1.165, 1.54) is 0 Å². The summed E-state index contributed by atoms with van der Waals surface area (Å²) in [5, 5.41) is 22.3. The van der Waals surface area contributed by atoms with Gasteiger partial charge in [0.2, 0.25) is 11.1 Å². The van der Waals surface area contributed by atoms with Crippen molar-refractivity contribution in [2.24, 2.45) is 0 Å². The van der Waals surface area contributed by atoms with E-state index in [9.17, 15) is 9.59 Å². The number of aromatic nitrogens is 4. The molecule has 0 unspecified atom stereocenters. The van der Waals surface area contributed by atoms with Gasteiger partial charge < -0.3 is 10.4 Å². The van der Waals surface area contributed by atoms with Crippen LogP contribution < -0.4 is 5.32 Å². The third-order valence-corrected chi connectivity index (χ3v) is 3.13. The second kappa shape index (κ2) is 6.66. The van der Waals surface area contributed by atoms with Crippen molar-refractivity contribution in [1.82, 2.24) is 20.2 Å². The van der Waals surface area contributed by atoms with Gasteiger partial charge in [0.25, 0.3) is 0 Å². The predicted molar refractivity (Wildman–Crippen MR) is 71.2 cm³/mol. The van der Waals surface area contributed by atoms with E-state index in [1.54, 1.807) is 12.1 Å². The van der Waals surface area contributed by atoms with E-state index in [1.807, 2.05) is 18.2 Å². The van der Waals surface area contributed by atoms with E-state index in [2.05, 4.69) is 20.8 Å². The smallest absolute Gasteiger partial charge is 0.325 e. The van der Waals surface area contributed by atoms with Crippen molar-refractivity contribution in [3.63, 3.8) is 0 Å². The number of anilines is 1. The standard InChI is InChI=1S/C11H11N5O3S/c17-9(12-8-4-2-1-3-5-8)7-20-11-13-14-15-16(11)6-10(18)19/h1-5H,6-7H2,(H,12,17)(H,18,19). The molecule has 2 rings (SSSR count). The normalized spacial score (nSPS) is 10.2. The lowest BCUT2D eigenvalue weighted by Gasteiger charge is -2.04. The number of hydrogen-bond donors (Lipinski definition) is 2. The van der Waals surface area contributed by atoms with Crippen LogP contribution in [-0.2, 0) is 16.1 Å². The monoisotopic (exact) mass is 293 g/mol. The van der Waals surface area contributed by atoms with Crippen molar-refractivity contribution < 1.29 is 14.7 Å². The Labute approximate surface area is 118 Å². The minimum atomic E-state index is -1.05. The van der Waals surface area contributed by atoms with Crippen LogP contribution in [0.2, 0.25) is 0 Å². The number of carboxylic acids is 1. The van der Waals surface area contributed by atoms with E-state index in [0.29, 0.717) is 5.69 Å². The number of benzene rings is 1.